The molecule has 5 rings (SSSR count). The molecule has 2 saturated heterocycles. The molecule has 0 amide bonds. The number of rotatable bonds is 4. The number of pyridine rings is 1. The van der Waals surface area contributed by atoms with Crippen LogP contribution < -0.4 is 15.1 Å². The van der Waals surface area contributed by atoms with Crippen LogP contribution in [0.1, 0.15) is 43.7 Å². The van der Waals surface area contributed by atoms with E-state index in [2.05, 4.69) is 57.1 Å². The van der Waals surface area contributed by atoms with Gasteiger partial charge in [-0.2, -0.15) is 0 Å². The van der Waals surface area contributed by atoms with Crippen LogP contribution in [-0.2, 0) is 0 Å². The van der Waals surface area contributed by atoms with Crippen molar-refractivity contribution in [3.05, 3.63) is 77.3 Å². The number of nitrogens with one attached hydrogen (secondary N) is 2. The van der Waals surface area contributed by atoms with Gasteiger partial charge >= 0.3 is 0 Å². The summed E-state index contributed by atoms with van der Waals surface area (Å²) in [7, 11) is 0. The quantitative estimate of drug-likeness (QED) is 0.482. The van der Waals surface area contributed by atoms with Crippen molar-refractivity contribution in [3.8, 4) is 0 Å². The standard InChI is InChI=1S/C25H28ClN5S/c1-16-12-17(2)15-30(14-16)22-9-8-18(13-19(22)26)31-24(21-7-5-11-28-21)23(29-25(31)32)20-6-3-4-10-27-20/h3-11,13,16-17,23-24,28H,12,14-15H2,1-2H3,(H,29,32)/t16-,17-,23+,24+/m1/s1. The summed E-state index contributed by atoms with van der Waals surface area (Å²) in [6.45, 7) is 6.72. The van der Waals surface area contributed by atoms with Gasteiger partial charge in [0.15, 0.2) is 5.11 Å². The van der Waals surface area contributed by atoms with Crippen LogP contribution in [0.25, 0.3) is 0 Å². The minimum absolute atomic E-state index is 0.0515. The molecule has 0 unspecified atom stereocenters. The van der Waals surface area contributed by atoms with Crippen molar-refractivity contribution in [1.29, 1.82) is 0 Å². The first-order valence-electron chi connectivity index (χ1n) is 11.2. The smallest absolute Gasteiger partial charge is 0.174 e. The number of thiocarbonyl (C=S) groups is 1. The normalized spacial score (nSPS) is 25.8. The summed E-state index contributed by atoms with van der Waals surface area (Å²) >= 11 is 12.7. The van der Waals surface area contributed by atoms with E-state index in [1.807, 2.05) is 42.7 Å². The molecule has 2 aliphatic rings. The van der Waals surface area contributed by atoms with Crippen molar-refractivity contribution in [2.24, 2.45) is 11.8 Å². The predicted molar refractivity (Wildman–Crippen MR) is 135 cm³/mol. The second-order valence-corrected chi connectivity index (χ2v) is 9.90. The van der Waals surface area contributed by atoms with E-state index in [0.717, 1.165) is 40.9 Å². The maximum atomic E-state index is 6.86. The number of H-pyrrole nitrogens is 1. The number of piperidine rings is 1. The second kappa shape index (κ2) is 8.75. The lowest BCUT2D eigenvalue weighted by Gasteiger charge is -2.37. The fourth-order valence-corrected chi connectivity index (χ4v) is 5.88. The summed E-state index contributed by atoms with van der Waals surface area (Å²) in [6.07, 6.45) is 5.03. The zero-order valence-electron chi connectivity index (χ0n) is 18.3. The molecular formula is C25H28ClN5S. The first kappa shape index (κ1) is 21.3. The molecule has 2 aliphatic heterocycles. The average Bonchev–Trinajstić information content (AvgIpc) is 3.41. The molecule has 7 heteroatoms. The number of anilines is 2. The third-order valence-electron chi connectivity index (χ3n) is 6.46. The maximum absolute atomic E-state index is 6.86. The molecule has 5 nitrogen and oxygen atoms in total. The Hall–Kier alpha value is -2.57. The van der Waals surface area contributed by atoms with Crippen molar-refractivity contribution in [2.45, 2.75) is 32.4 Å². The molecule has 0 bridgehead atoms. The summed E-state index contributed by atoms with van der Waals surface area (Å²) < 4.78 is 0. The van der Waals surface area contributed by atoms with E-state index in [-0.39, 0.29) is 12.1 Å². The number of hydrogen-bond donors (Lipinski definition) is 2. The van der Waals surface area contributed by atoms with Gasteiger partial charge in [0, 0.05) is 36.9 Å². The predicted octanol–water partition coefficient (Wildman–Crippen LogP) is 5.72. The monoisotopic (exact) mass is 465 g/mol. The zero-order valence-corrected chi connectivity index (χ0v) is 19.9. The third-order valence-corrected chi connectivity index (χ3v) is 7.08. The fourth-order valence-electron chi connectivity index (χ4n) is 5.24. The summed E-state index contributed by atoms with van der Waals surface area (Å²) in [6, 6.07) is 16.3. The lowest BCUT2D eigenvalue weighted by atomic mass is 9.91. The van der Waals surface area contributed by atoms with Gasteiger partial charge in [-0.25, -0.2) is 0 Å². The molecule has 2 aromatic heterocycles. The third kappa shape index (κ3) is 3.97. The number of aromatic nitrogens is 2. The number of hydrogen-bond acceptors (Lipinski definition) is 3. The number of aromatic amines is 1. The Kier molecular flexibility index (Phi) is 5.82. The number of halogens is 1. The highest BCUT2D eigenvalue weighted by atomic mass is 35.5. The van der Waals surface area contributed by atoms with Crippen LogP contribution in [0.3, 0.4) is 0 Å². The van der Waals surface area contributed by atoms with Crippen LogP contribution in [0.5, 0.6) is 0 Å². The van der Waals surface area contributed by atoms with E-state index in [1.165, 1.54) is 6.42 Å². The van der Waals surface area contributed by atoms with Gasteiger partial charge in [0.1, 0.15) is 6.04 Å². The Morgan fingerprint density at radius 1 is 1.06 bits per heavy atom. The Bertz CT molecular complexity index is 1080. The molecule has 4 heterocycles. The van der Waals surface area contributed by atoms with Gasteiger partial charge in [0.2, 0.25) is 0 Å². The largest absolute Gasteiger partial charge is 0.370 e. The summed E-state index contributed by atoms with van der Waals surface area (Å²) in [5.41, 5.74) is 4.11. The lowest BCUT2D eigenvalue weighted by molar-refractivity contribution is 0.357. The SMILES string of the molecule is C[C@@H]1C[C@@H](C)CN(c2ccc(N3C(=S)N[C@@H](c4ccccn4)[C@@H]3c3ccc[nH]3)cc2Cl)C1. The average molecular weight is 466 g/mol. The minimum atomic E-state index is -0.0652. The fraction of sp³-hybridized carbons (Fsp3) is 0.360. The highest BCUT2D eigenvalue weighted by molar-refractivity contribution is 7.80. The van der Waals surface area contributed by atoms with E-state index in [4.69, 9.17) is 23.8 Å². The molecule has 2 fully saturated rings. The van der Waals surface area contributed by atoms with Crippen LogP contribution in [-0.4, -0.2) is 28.2 Å². The van der Waals surface area contributed by atoms with E-state index in [9.17, 15) is 0 Å². The molecule has 0 saturated carbocycles. The number of benzene rings is 1. The van der Waals surface area contributed by atoms with Crippen molar-refractivity contribution in [2.75, 3.05) is 22.9 Å². The first-order chi connectivity index (χ1) is 15.5. The van der Waals surface area contributed by atoms with Crippen LogP contribution in [0, 0.1) is 11.8 Å². The van der Waals surface area contributed by atoms with E-state index < -0.39 is 0 Å². The molecular weight excluding hydrogens is 438 g/mol. The summed E-state index contributed by atoms with van der Waals surface area (Å²) in [4.78, 5) is 12.5. The topological polar surface area (TPSA) is 47.2 Å². The molecule has 0 spiro atoms. The highest BCUT2D eigenvalue weighted by Gasteiger charge is 2.41. The Morgan fingerprint density at radius 2 is 1.88 bits per heavy atom. The minimum Gasteiger partial charge on any atom is -0.370 e. The van der Waals surface area contributed by atoms with Gasteiger partial charge in [-0.1, -0.05) is 31.5 Å². The van der Waals surface area contributed by atoms with Gasteiger partial charge in [-0.3, -0.25) is 4.98 Å². The molecule has 0 aliphatic carbocycles. The van der Waals surface area contributed by atoms with Gasteiger partial charge in [-0.15, -0.1) is 0 Å². The zero-order chi connectivity index (χ0) is 22.2. The molecule has 32 heavy (non-hydrogen) atoms. The first-order valence-corrected chi connectivity index (χ1v) is 12.0. The van der Waals surface area contributed by atoms with Crippen LogP contribution in [0.15, 0.2) is 60.9 Å². The molecule has 1 aromatic carbocycles. The van der Waals surface area contributed by atoms with Crippen LogP contribution in [0.2, 0.25) is 5.02 Å². The Morgan fingerprint density at radius 3 is 2.53 bits per heavy atom. The van der Waals surface area contributed by atoms with Gasteiger partial charge in [0.25, 0.3) is 0 Å². The molecule has 4 atom stereocenters. The molecule has 166 valence electrons. The van der Waals surface area contributed by atoms with Crippen molar-refractivity contribution >= 4 is 40.3 Å². The van der Waals surface area contributed by atoms with Crippen LogP contribution in [0.4, 0.5) is 11.4 Å². The lowest BCUT2D eigenvalue weighted by Crippen LogP contribution is -2.38. The second-order valence-electron chi connectivity index (χ2n) is 9.11. The van der Waals surface area contributed by atoms with Crippen molar-refractivity contribution < 1.29 is 0 Å². The van der Waals surface area contributed by atoms with E-state index in [0.29, 0.717) is 16.9 Å². The number of nitrogens with zero attached hydrogens (tertiary/aromatic N) is 3. The van der Waals surface area contributed by atoms with E-state index >= 15 is 0 Å². The molecule has 0 radical (unpaired) electrons. The summed E-state index contributed by atoms with van der Waals surface area (Å²) in [5.74, 6) is 1.34. The highest BCUT2D eigenvalue weighted by Crippen LogP contribution is 2.43. The van der Waals surface area contributed by atoms with Crippen molar-refractivity contribution in [3.63, 3.8) is 0 Å². The molecule has 2 N–H and O–H groups in total. The Labute approximate surface area is 199 Å². The maximum Gasteiger partial charge on any atom is 0.174 e. The van der Waals surface area contributed by atoms with Gasteiger partial charge in [0.05, 0.1) is 22.4 Å². The van der Waals surface area contributed by atoms with E-state index in [1.54, 1.807) is 0 Å². The molecule has 3 aromatic rings. The van der Waals surface area contributed by atoms with Gasteiger partial charge < -0.3 is 20.1 Å². The summed E-state index contributed by atoms with van der Waals surface area (Å²) in [5, 5.41) is 4.92. The van der Waals surface area contributed by atoms with Gasteiger partial charge in [-0.05, 0) is 72.9 Å². The van der Waals surface area contributed by atoms with Crippen molar-refractivity contribution in [1.82, 2.24) is 15.3 Å². The Balaban J connectivity index is 1.50. The van der Waals surface area contributed by atoms with Crippen LogP contribution >= 0.6 is 23.8 Å².